The van der Waals surface area contributed by atoms with E-state index in [2.05, 4.69) is 0 Å². The molecule has 6 heteroatoms. The molecule has 0 nitrogen and oxygen atoms in total. The predicted octanol–water partition coefficient (Wildman–Crippen LogP) is 2.16. The van der Waals surface area contributed by atoms with E-state index < -0.39 is 23.4 Å². The molecule has 1 aromatic rings. The van der Waals surface area contributed by atoms with Gasteiger partial charge in [-0.3, -0.25) is 0 Å². The third kappa shape index (κ3) is 2.24. The fraction of sp³-hybridized carbons (Fsp3) is 0.143. The summed E-state index contributed by atoms with van der Waals surface area (Å²) in [7, 11) is 0. The maximum absolute atomic E-state index is 12.6. The van der Waals surface area contributed by atoms with Crippen LogP contribution in [0.25, 0.3) is 0 Å². The minimum atomic E-state index is -4.76. The maximum atomic E-state index is 12.6. The molecule has 13 heavy (non-hydrogen) atoms. The fourth-order valence-electron chi connectivity index (χ4n) is 0.811. The average molecular weight is 246 g/mol. The van der Waals surface area contributed by atoms with Gasteiger partial charge >= 0.3 is 79.9 Å². The van der Waals surface area contributed by atoms with Crippen molar-refractivity contribution in [3.05, 3.63) is 29.3 Å². The molecule has 1 aromatic carbocycles. The van der Waals surface area contributed by atoms with Crippen LogP contribution in [0.5, 0.6) is 0 Å². The minimum absolute atomic E-state index is 0.103. The van der Waals surface area contributed by atoms with Gasteiger partial charge in [-0.1, -0.05) is 0 Å². The summed E-state index contributed by atoms with van der Waals surface area (Å²) in [6, 6.07) is 0.770. The summed E-state index contributed by atoms with van der Waals surface area (Å²) in [6.45, 7) is 0. The number of rotatable bonds is 0. The van der Waals surface area contributed by atoms with Crippen LogP contribution in [0.4, 0.5) is 22.0 Å². The Bertz CT molecular complexity index is 330. The normalized spacial score (nSPS) is 11.9. The van der Waals surface area contributed by atoms with E-state index in [-0.39, 0.29) is 28.5 Å². The quantitative estimate of drug-likeness (QED) is 0.486. The van der Waals surface area contributed by atoms with Gasteiger partial charge in [0, 0.05) is 0 Å². The molecule has 0 radical (unpaired) electrons. The van der Waals surface area contributed by atoms with Crippen LogP contribution in [0.2, 0.25) is 0 Å². The van der Waals surface area contributed by atoms with E-state index >= 15 is 0 Å². The van der Waals surface area contributed by atoms with Crippen molar-refractivity contribution in [2.45, 2.75) is 6.18 Å². The molecular formula is C7H2F5Zn. The van der Waals surface area contributed by atoms with Gasteiger partial charge in [-0.15, -0.1) is 0 Å². The molecule has 1 rings (SSSR count). The number of hydrogen-bond acceptors (Lipinski definition) is 0. The van der Waals surface area contributed by atoms with Gasteiger partial charge in [-0.2, -0.15) is 0 Å². The summed E-state index contributed by atoms with van der Waals surface area (Å²) in [5.41, 5.74) is -1.41. The van der Waals surface area contributed by atoms with Crippen LogP contribution in [0.3, 0.4) is 0 Å². The Kier molecular flexibility index (Phi) is 2.71. The van der Waals surface area contributed by atoms with Crippen LogP contribution in [-0.4, -0.2) is 0 Å². The van der Waals surface area contributed by atoms with Crippen molar-refractivity contribution < 1.29 is 40.3 Å². The van der Waals surface area contributed by atoms with E-state index in [4.69, 9.17) is 0 Å². The number of benzene rings is 1. The molecule has 0 saturated carbocycles. The van der Waals surface area contributed by atoms with Gasteiger partial charge < -0.3 is 0 Å². The summed E-state index contributed by atoms with van der Waals surface area (Å²) < 4.78 is 61.1. The van der Waals surface area contributed by atoms with Gasteiger partial charge in [0.25, 0.3) is 0 Å². The second-order valence-corrected chi connectivity index (χ2v) is 4.02. The molecule has 0 aliphatic rings. The molecule has 0 fully saturated rings. The van der Waals surface area contributed by atoms with Crippen molar-refractivity contribution in [2.24, 2.45) is 0 Å². The Hall–Kier alpha value is -0.507. The molecule has 67 valence electrons. The average Bonchev–Trinajstić information content (AvgIpc) is 1.94. The van der Waals surface area contributed by atoms with Crippen LogP contribution < -0.4 is 4.16 Å². The molecule has 0 heterocycles. The molecular weight excluding hydrogens is 244 g/mol. The SMILES string of the molecule is Fc1cc(F)c(C(F)(F)F)c[c]1[Zn]. The fourth-order valence-corrected chi connectivity index (χ4v) is 1.45. The van der Waals surface area contributed by atoms with Crippen LogP contribution in [-0.2, 0) is 24.5 Å². The standard InChI is InChI=1S/C7H2F5.Zn/c8-4-1-2-5(6(9)3-4)7(10,11)12;/h2-3H;. The first-order valence-corrected chi connectivity index (χ1v) is 4.69. The first kappa shape index (κ1) is 10.6. The third-order valence-electron chi connectivity index (χ3n) is 1.44. The van der Waals surface area contributed by atoms with E-state index in [9.17, 15) is 22.0 Å². The number of halogens is 5. The zero-order valence-electron chi connectivity index (χ0n) is 6.25. The van der Waals surface area contributed by atoms with Crippen LogP contribution >= 0.6 is 0 Å². The molecule has 0 aliphatic carbocycles. The molecule has 0 aromatic heterocycles. The van der Waals surface area contributed by atoms with Crippen molar-refractivity contribution in [3.8, 4) is 0 Å². The Balaban J connectivity index is 3.32. The van der Waals surface area contributed by atoms with E-state index in [1.807, 2.05) is 0 Å². The van der Waals surface area contributed by atoms with Crippen LogP contribution in [0.15, 0.2) is 12.1 Å². The van der Waals surface area contributed by atoms with Gasteiger partial charge in [0.15, 0.2) is 0 Å². The Morgan fingerprint density at radius 2 is 1.54 bits per heavy atom. The van der Waals surface area contributed by atoms with Crippen molar-refractivity contribution >= 4 is 4.16 Å². The molecule has 0 bridgehead atoms. The van der Waals surface area contributed by atoms with E-state index in [1.165, 1.54) is 0 Å². The third-order valence-corrected chi connectivity index (χ3v) is 2.58. The predicted molar refractivity (Wildman–Crippen MR) is 31.0 cm³/mol. The summed E-state index contributed by atoms with van der Waals surface area (Å²) >= 11 is 0.217. The van der Waals surface area contributed by atoms with E-state index in [1.54, 1.807) is 0 Å². The molecule has 0 spiro atoms. The molecule has 0 amide bonds. The Morgan fingerprint density at radius 1 is 1.00 bits per heavy atom. The van der Waals surface area contributed by atoms with Gasteiger partial charge in [0.2, 0.25) is 0 Å². The second kappa shape index (κ2) is 3.33. The zero-order valence-corrected chi connectivity index (χ0v) is 9.22. The summed E-state index contributed by atoms with van der Waals surface area (Å²) in [4.78, 5) is 0. The monoisotopic (exact) mass is 245 g/mol. The van der Waals surface area contributed by atoms with Gasteiger partial charge in [0.05, 0.1) is 0 Å². The van der Waals surface area contributed by atoms with Gasteiger partial charge in [-0.05, 0) is 0 Å². The number of hydrogen-bond donors (Lipinski definition) is 0. The van der Waals surface area contributed by atoms with Crippen LogP contribution in [0, 0.1) is 11.6 Å². The topological polar surface area (TPSA) is 0 Å². The zero-order chi connectivity index (χ0) is 10.2. The second-order valence-electron chi connectivity index (χ2n) is 2.42. The molecule has 0 N–H and O–H groups in total. The Labute approximate surface area is 80.4 Å². The molecule has 0 aliphatic heterocycles. The number of alkyl halides is 3. The first-order valence-electron chi connectivity index (χ1n) is 3.20. The first-order chi connectivity index (χ1) is 5.82. The van der Waals surface area contributed by atoms with E-state index in [0.717, 1.165) is 0 Å². The molecule has 0 atom stereocenters. The van der Waals surface area contributed by atoms with Gasteiger partial charge in [-0.25, -0.2) is 0 Å². The van der Waals surface area contributed by atoms with Crippen molar-refractivity contribution in [3.63, 3.8) is 0 Å². The van der Waals surface area contributed by atoms with Gasteiger partial charge in [0.1, 0.15) is 0 Å². The van der Waals surface area contributed by atoms with Crippen molar-refractivity contribution in [1.82, 2.24) is 0 Å². The van der Waals surface area contributed by atoms with Crippen molar-refractivity contribution in [2.75, 3.05) is 0 Å². The summed E-state index contributed by atoms with van der Waals surface area (Å²) in [6.07, 6.45) is -4.76. The van der Waals surface area contributed by atoms with E-state index in [0.29, 0.717) is 6.07 Å². The molecule has 0 unspecified atom stereocenters. The Morgan fingerprint density at radius 3 is 2.00 bits per heavy atom. The van der Waals surface area contributed by atoms with Crippen LogP contribution in [0.1, 0.15) is 5.56 Å². The summed E-state index contributed by atoms with van der Waals surface area (Å²) in [5.74, 6) is -2.49. The summed E-state index contributed by atoms with van der Waals surface area (Å²) in [5, 5.41) is 0. The van der Waals surface area contributed by atoms with Crippen molar-refractivity contribution in [1.29, 1.82) is 0 Å². The molecule has 0 saturated heterocycles.